The molecule has 1 atom stereocenters. The molecule has 0 bridgehead atoms. The second-order valence-corrected chi connectivity index (χ2v) is 4.98. The van der Waals surface area contributed by atoms with Gasteiger partial charge in [0.15, 0.2) is 11.9 Å². The Bertz CT molecular complexity index is 449. The normalized spacial score (nSPS) is 23.5. The van der Waals surface area contributed by atoms with Gasteiger partial charge in [-0.1, -0.05) is 6.07 Å². The van der Waals surface area contributed by atoms with Crippen molar-refractivity contribution in [2.24, 2.45) is 0 Å². The fourth-order valence-electron chi connectivity index (χ4n) is 2.29. The van der Waals surface area contributed by atoms with Gasteiger partial charge in [-0.25, -0.2) is 0 Å². The zero-order chi connectivity index (χ0) is 11.9. The lowest BCUT2D eigenvalue weighted by molar-refractivity contribution is -0.121. The molecule has 2 rings (SSSR count). The molecule has 0 N–H and O–H groups in total. The lowest BCUT2D eigenvalue weighted by Gasteiger charge is -2.33. The van der Waals surface area contributed by atoms with E-state index in [2.05, 4.69) is 26.8 Å². The molecule has 1 aliphatic heterocycles. The topological polar surface area (TPSA) is 26.3 Å². The first-order valence-electron chi connectivity index (χ1n) is 5.72. The standard InChI is InChI=1S/C14H18O2/c1-9-7-10(2)12-5-6-14(4,8-15)16-13(12)11(9)3/h7-8H,5-6H2,1-4H3. The van der Waals surface area contributed by atoms with Crippen molar-refractivity contribution in [2.45, 2.75) is 46.1 Å². The Kier molecular flexibility index (Phi) is 2.53. The molecule has 2 heteroatoms. The second-order valence-electron chi connectivity index (χ2n) is 4.98. The molecule has 0 spiro atoms. The molecule has 86 valence electrons. The number of carbonyl (C=O) groups is 1. The van der Waals surface area contributed by atoms with Gasteiger partial charge in [0.2, 0.25) is 0 Å². The molecule has 1 heterocycles. The van der Waals surface area contributed by atoms with Crippen LogP contribution in [0.5, 0.6) is 5.75 Å². The minimum Gasteiger partial charge on any atom is -0.480 e. The number of aldehydes is 1. The fraction of sp³-hybridized carbons (Fsp3) is 0.500. The van der Waals surface area contributed by atoms with E-state index in [9.17, 15) is 4.79 Å². The molecule has 0 amide bonds. The fourth-order valence-corrected chi connectivity index (χ4v) is 2.29. The van der Waals surface area contributed by atoms with Crippen LogP contribution < -0.4 is 4.74 Å². The number of aryl methyl sites for hydroxylation is 2. The molecular weight excluding hydrogens is 200 g/mol. The Morgan fingerprint density at radius 1 is 1.31 bits per heavy atom. The van der Waals surface area contributed by atoms with E-state index in [4.69, 9.17) is 4.74 Å². The number of fused-ring (bicyclic) bond motifs is 1. The summed E-state index contributed by atoms with van der Waals surface area (Å²) in [7, 11) is 0. The third-order valence-electron chi connectivity index (χ3n) is 3.57. The lowest BCUT2D eigenvalue weighted by atomic mass is 9.88. The van der Waals surface area contributed by atoms with Gasteiger partial charge >= 0.3 is 0 Å². The summed E-state index contributed by atoms with van der Waals surface area (Å²) in [6.45, 7) is 8.11. The lowest BCUT2D eigenvalue weighted by Crippen LogP contribution is -2.38. The van der Waals surface area contributed by atoms with Crippen LogP contribution in [-0.2, 0) is 11.2 Å². The van der Waals surface area contributed by atoms with Gasteiger partial charge in [-0.2, -0.15) is 0 Å². The van der Waals surface area contributed by atoms with Crippen molar-refractivity contribution in [3.8, 4) is 5.75 Å². The molecular formula is C14H18O2. The molecule has 0 aromatic heterocycles. The zero-order valence-corrected chi connectivity index (χ0v) is 10.4. The predicted molar refractivity (Wildman–Crippen MR) is 64.1 cm³/mol. The predicted octanol–water partition coefficient (Wildman–Crippen LogP) is 2.89. The van der Waals surface area contributed by atoms with Crippen molar-refractivity contribution in [1.82, 2.24) is 0 Å². The van der Waals surface area contributed by atoms with E-state index >= 15 is 0 Å². The molecule has 1 aromatic carbocycles. The van der Waals surface area contributed by atoms with Gasteiger partial charge < -0.3 is 4.74 Å². The Morgan fingerprint density at radius 2 is 2.00 bits per heavy atom. The van der Waals surface area contributed by atoms with Gasteiger partial charge in [0.1, 0.15) is 5.75 Å². The number of carbonyl (C=O) groups excluding carboxylic acids is 1. The van der Waals surface area contributed by atoms with Crippen molar-refractivity contribution in [3.63, 3.8) is 0 Å². The van der Waals surface area contributed by atoms with Crippen molar-refractivity contribution in [3.05, 3.63) is 28.3 Å². The SMILES string of the molecule is Cc1cc(C)c2c(c1C)OC(C)(C=O)CC2. The quantitative estimate of drug-likeness (QED) is 0.677. The van der Waals surface area contributed by atoms with Gasteiger partial charge in [0.25, 0.3) is 0 Å². The highest BCUT2D eigenvalue weighted by molar-refractivity contribution is 5.65. The van der Waals surface area contributed by atoms with Gasteiger partial charge in [0.05, 0.1) is 0 Å². The molecule has 0 radical (unpaired) electrons. The van der Waals surface area contributed by atoms with Crippen molar-refractivity contribution in [2.75, 3.05) is 0 Å². The van der Waals surface area contributed by atoms with Crippen LogP contribution in [0.1, 0.15) is 35.6 Å². The minimum atomic E-state index is -0.641. The number of benzene rings is 1. The van der Waals surface area contributed by atoms with Crippen LogP contribution >= 0.6 is 0 Å². The number of ether oxygens (including phenoxy) is 1. The summed E-state index contributed by atoms with van der Waals surface area (Å²) >= 11 is 0. The summed E-state index contributed by atoms with van der Waals surface area (Å²) < 4.78 is 5.89. The van der Waals surface area contributed by atoms with Crippen LogP contribution in [-0.4, -0.2) is 11.9 Å². The summed E-state index contributed by atoms with van der Waals surface area (Å²) in [5.74, 6) is 0.929. The number of rotatable bonds is 1. The maximum Gasteiger partial charge on any atom is 0.163 e. The van der Waals surface area contributed by atoms with Crippen LogP contribution in [0.3, 0.4) is 0 Å². The van der Waals surface area contributed by atoms with Crippen LogP contribution in [0.15, 0.2) is 6.07 Å². The number of hydrogen-bond donors (Lipinski definition) is 0. The van der Waals surface area contributed by atoms with Crippen LogP contribution in [0.4, 0.5) is 0 Å². The zero-order valence-electron chi connectivity index (χ0n) is 10.4. The molecule has 1 unspecified atom stereocenters. The summed E-state index contributed by atoms with van der Waals surface area (Å²) in [4.78, 5) is 11.0. The van der Waals surface area contributed by atoms with E-state index < -0.39 is 5.60 Å². The smallest absolute Gasteiger partial charge is 0.163 e. The summed E-state index contributed by atoms with van der Waals surface area (Å²) in [5, 5.41) is 0. The average Bonchev–Trinajstić information content (AvgIpc) is 2.26. The third kappa shape index (κ3) is 1.62. The highest BCUT2D eigenvalue weighted by Crippen LogP contribution is 2.38. The monoisotopic (exact) mass is 218 g/mol. The Morgan fingerprint density at radius 3 is 2.62 bits per heavy atom. The second kappa shape index (κ2) is 3.62. The molecule has 2 nitrogen and oxygen atoms in total. The first-order valence-corrected chi connectivity index (χ1v) is 5.72. The van der Waals surface area contributed by atoms with E-state index in [1.165, 1.54) is 16.7 Å². The van der Waals surface area contributed by atoms with Crippen molar-refractivity contribution >= 4 is 6.29 Å². The maximum atomic E-state index is 11.0. The Hall–Kier alpha value is -1.31. The number of hydrogen-bond acceptors (Lipinski definition) is 2. The van der Waals surface area contributed by atoms with Gasteiger partial charge in [-0.05, 0) is 62.8 Å². The van der Waals surface area contributed by atoms with Gasteiger partial charge in [-0.15, -0.1) is 0 Å². The van der Waals surface area contributed by atoms with Crippen molar-refractivity contribution < 1.29 is 9.53 Å². The van der Waals surface area contributed by atoms with Crippen LogP contribution in [0.25, 0.3) is 0 Å². The van der Waals surface area contributed by atoms with E-state index in [-0.39, 0.29) is 0 Å². The molecule has 1 aliphatic rings. The molecule has 0 aliphatic carbocycles. The summed E-state index contributed by atoms with van der Waals surface area (Å²) in [6.07, 6.45) is 2.62. The minimum absolute atomic E-state index is 0.641. The highest BCUT2D eigenvalue weighted by atomic mass is 16.5. The van der Waals surface area contributed by atoms with E-state index in [1.54, 1.807) is 0 Å². The molecule has 1 aromatic rings. The summed E-state index contributed by atoms with van der Waals surface area (Å²) in [5.41, 5.74) is 4.28. The van der Waals surface area contributed by atoms with Crippen LogP contribution in [0.2, 0.25) is 0 Å². The average molecular weight is 218 g/mol. The largest absolute Gasteiger partial charge is 0.480 e. The Labute approximate surface area is 96.6 Å². The third-order valence-corrected chi connectivity index (χ3v) is 3.57. The van der Waals surface area contributed by atoms with Crippen molar-refractivity contribution in [1.29, 1.82) is 0 Å². The maximum absolute atomic E-state index is 11.0. The highest BCUT2D eigenvalue weighted by Gasteiger charge is 2.32. The Balaban J connectivity index is 2.56. The molecule has 0 saturated heterocycles. The summed E-state index contributed by atoms with van der Waals surface area (Å²) in [6, 6.07) is 2.20. The van der Waals surface area contributed by atoms with E-state index in [1.807, 2.05) is 6.92 Å². The van der Waals surface area contributed by atoms with E-state index in [0.29, 0.717) is 0 Å². The van der Waals surface area contributed by atoms with Gasteiger partial charge in [-0.3, -0.25) is 4.79 Å². The van der Waals surface area contributed by atoms with E-state index in [0.717, 1.165) is 30.4 Å². The molecule has 0 saturated carbocycles. The first-order chi connectivity index (χ1) is 7.47. The van der Waals surface area contributed by atoms with Gasteiger partial charge in [0, 0.05) is 0 Å². The molecule has 0 fully saturated rings. The first kappa shape index (κ1) is 11.2. The van der Waals surface area contributed by atoms with Crippen LogP contribution in [0, 0.1) is 20.8 Å². The molecule has 16 heavy (non-hydrogen) atoms.